The van der Waals surface area contributed by atoms with Gasteiger partial charge in [-0.2, -0.15) is 9.97 Å². The Hall–Kier alpha value is -4.44. The Kier molecular flexibility index (Phi) is 12.3. The molecular weight excluding hydrogens is 586 g/mol. The van der Waals surface area contributed by atoms with Gasteiger partial charge >= 0.3 is 0 Å². The third-order valence-electron chi connectivity index (χ3n) is 7.55. The molecule has 0 bridgehead atoms. The van der Waals surface area contributed by atoms with Crippen LogP contribution in [0, 0.1) is 0 Å². The van der Waals surface area contributed by atoms with Crippen molar-refractivity contribution >= 4 is 17.8 Å². The summed E-state index contributed by atoms with van der Waals surface area (Å²) in [6.07, 6.45) is 11.0. The lowest BCUT2D eigenvalue weighted by molar-refractivity contribution is 0.264. The van der Waals surface area contributed by atoms with Crippen LogP contribution in [0.2, 0.25) is 0 Å². The number of aliphatic hydroxyl groups excluding tert-OH is 2. The van der Waals surface area contributed by atoms with E-state index in [1.54, 1.807) is 0 Å². The van der Waals surface area contributed by atoms with Crippen molar-refractivity contribution in [2.45, 2.75) is 58.2 Å². The highest BCUT2D eigenvalue weighted by Crippen LogP contribution is 2.31. The van der Waals surface area contributed by atoms with E-state index in [0.717, 1.165) is 70.9 Å². The Bertz CT molecular complexity index is 1300. The molecule has 0 unspecified atom stereocenters. The SMILES string of the molecule is COc1nc(N2CCCC2)nc(CO)c1O.COc1nc(N2CCCCC2)nc(CO)c1O.Oc1cnc(N2CCCC2)nc1. The third kappa shape index (κ3) is 8.82. The van der Waals surface area contributed by atoms with Crippen LogP contribution in [0.15, 0.2) is 12.4 Å². The van der Waals surface area contributed by atoms with Gasteiger partial charge in [0.1, 0.15) is 11.4 Å². The summed E-state index contributed by atoms with van der Waals surface area (Å²) in [7, 11) is 2.86. The number of hydrogen-bond donors (Lipinski definition) is 5. The summed E-state index contributed by atoms with van der Waals surface area (Å²) < 4.78 is 9.93. The van der Waals surface area contributed by atoms with Gasteiger partial charge in [0.15, 0.2) is 5.75 Å². The molecule has 0 saturated carbocycles. The summed E-state index contributed by atoms with van der Waals surface area (Å²) >= 11 is 0. The van der Waals surface area contributed by atoms with Gasteiger partial charge in [-0.15, -0.1) is 0 Å². The summed E-state index contributed by atoms with van der Waals surface area (Å²) in [5, 5.41) is 46.5. The maximum atomic E-state index is 9.68. The van der Waals surface area contributed by atoms with E-state index in [0.29, 0.717) is 11.9 Å². The lowest BCUT2D eigenvalue weighted by atomic mass is 10.1. The van der Waals surface area contributed by atoms with E-state index in [1.807, 2.05) is 9.80 Å². The number of piperidine rings is 1. The monoisotopic (exact) mass is 629 g/mol. The Labute approximate surface area is 262 Å². The molecule has 3 fully saturated rings. The minimum absolute atomic E-state index is 0.112. The van der Waals surface area contributed by atoms with Crippen LogP contribution in [0.5, 0.6) is 29.0 Å². The maximum absolute atomic E-state index is 9.68. The summed E-state index contributed by atoms with van der Waals surface area (Å²) in [4.78, 5) is 30.8. The van der Waals surface area contributed by atoms with Crippen LogP contribution in [0.1, 0.15) is 56.3 Å². The van der Waals surface area contributed by atoms with Crippen LogP contribution in [0.3, 0.4) is 0 Å². The third-order valence-corrected chi connectivity index (χ3v) is 7.55. The van der Waals surface area contributed by atoms with Gasteiger partial charge in [0.2, 0.25) is 29.3 Å². The van der Waals surface area contributed by atoms with Gasteiger partial charge in [-0.05, 0) is 44.9 Å². The zero-order valence-electron chi connectivity index (χ0n) is 25.8. The average Bonchev–Trinajstić information content (AvgIpc) is 3.82. The molecule has 0 spiro atoms. The molecule has 3 saturated heterocycles. The lowest BCUT2D eigenvalue weighted by Crippen LogP contribution is -2.31. The molecule has 0 amide bonds. The largest absolute Gasteiger partial charge is 0.505 e. The minimum Gasteiger partial charge on any atom is -0.505 e. The van der Waals surface area contributed by atoms with Crippen LogP contribution in [0.4, 0.5) is 17.8 Å². The van der Waals surface area contributed by atoms with Crippen LogP contribution >= 0.6 is 0 Å². The summed E-state index contributed by atoms with van der Waals surface area (Å²) in [5.41, 5.74) is 0.408. The summed E-state index contributed by atoms with van der Waals surface area (Å²) in [5.74, 6) is 1.73. The summed E-state index contributed by atoms with van der Waals surface area (Å²) in [6, 6.07) is 0. The fourth-order valence-corrected chi connectivity index (χ4v) is 5.13. The van der Waals surface area contributed by atoms with Crippen molar-refractivity contribution in [1.82, 2.24) is 29.9 Å². The highest BCUT2D eigenvalue weighted by atomic mass is 16.5. The van der Waals surface area contributed by atoms with E-state index in [1.165, 1.54) is 45.9 Å². The molecule has 6 rings (SSSR count). The number of anilines is 3. The molecule has 16 heteroatoms. The van der Waals surface area contributed by atoms with Gasteiger partial charge in [-0.3, -0.25) is 0 Å². The maximum Gasteiger partial charge on any atom is 0.261 e. The molecule has 246 valence electrons. The highest BCUT2D eigenvalue weighted by molar-refractivity contribution is 5.45. The molecule has 0 aromatic carbocycles. The molecule has 45 heavy (non-hydrogen) atoms. The number of aromatic hydroxyl groups is 3. The Morgan fingerprint density at radius 1 is 0.556 bits per heavy atom. The number of nitrogens with zero attached hydrogens (tertiary/aromatic N) is 9. The molecule has 0 radical (unpaired) electrons. The van der Waals surface area contributed by atoms with Gasteiger partial charge in [-0.25, -0.2) is 19.9 Å². The van der Waals surface area contributed by atoms with Crippen molar-refractivity contribution in [2.24, 2.45) is 0 Å². The molecule has 3 aromatic rings. The molecule has 3 aliphatic heterocycles. The van der Waals surface area contributed by atoms with E-state index in [4.69, 9.17) is 24.8 Å². The van der Waals surface area contributed by atoms with E-state index in [-0.39, 0.29) is 53.6 Å². The lowest BCUT2D eigenvalue weighted by Gasteiger charge is -2.27. The standard InChI is InChI=1S/C11H17N3O3.C10H15N3O3.C8H11N3O/c1-17-10-9(16)8(7-15)12-11(13-10)14-5-3-2-4-6-14;1-16-9-8(15)7(6-14)11-10(12-9)13-4-2-3-5-13;12-7-5-9-8(10-6-7)11-3-1-2-4-11/h15-16H,2-7H2,1H3;14-15H,2-6H2,1H3;5-6,12H,1-4H2. The van der Waals surface area contributed by atoms with Crippen LogP contribution in [-0.4, -0.2) is 109 Å². The average molecular weight is 630 g/mol. The van der Waals surface area contributed by atoms with Crippen molar-refractivity contribution in [3.05, 3.63) is 23.8 Å². The molecule has 16 nitrogen and oxygen atoms in total. The zero-order valence-corrected chi connectivity index (χ0v) is 25.8. The van der Waals surface area contributed by atoms with Gasteiger partial charge in [-0.1, -0.05) is 0 Å². The Morgan fingerprint density at radius 3 is 1.27 bits per heavy atom. The molecule has 3 aliphatic rings. The van der Waals surface area contributed by atoms with E-state index in [9.17, 15) is 10.2 Å². The van der Waals surface area contributed by atoms with E-state index >= 15 is 0 Å². The van der Waals surface area contributed by atoms with Gasteiger partial charge in [0, 0.05) is 39.3 Å². The molecular formula is C29H43N9O7. The quantitative estimate of drug-likeness (QED) is 0.252. The Balaban J connectivity index is 0.000000156. The van der Waals surface area contributed by atoms with Crippen LogP contribution in [-0.2, 0) is 13.2 Å². The van der Waals surface area contributed by atoms with Crippen LogP contribution < -0.4 is 24.2 Å². The first kappa shape index (κ1) is 33.5. The zero-order chi connectivity index (χ0) is 32.2. The first-order valence-electron chi connectivity index (χ1n) is 15.1. The number of rotatable bonds is 7. The first-order valence-corrected chi connectivity index (χ1v) is 15.1. The summed E-state index contributed by atoms with van der Waals surface area (Å²) in [6.45, 7) is 5.02. The molecule has 0 aliphatic carbocycles. The second-order valence-electron chi connectivity index (χ2n) is 10.6. The predicted octanol–water partition coefficient (Wildman–Crippen LogP) is 1.74. The molecule has 6 heterocycles. The molecule has 5 N–H and O–H groups in total. The van der Waals surface area contributed by atoms with Crippen molar-refractivity contribution < 1.29 is 35.0 Å². The topological polar surface area (TPSA) is 207 Å². The number of aliphatic hydroxyl groups is 2. The van der Waals surface area contributed by atoms with Gasteiger partial charge in [0.05, 0.1) is 39.8 Å². The first-order chi connectivity index (χ1) is 21.9. The number of ether oxygens (including phenoxy) is 2. The predicted molar refractivity (Wildman–Crippen MR) is 165 cm³/mol. The number of aromatic nitrogens is 6. The van der Waals surface area contributed by atoms with E-state index in [2.05, 4.69) is 34.8 Å². The molecule has 3 aromatic heterocycles. The van der Waals surface area contributed by atoms with Gasteiger partial charge < -0.3 is 49.7 Å². The number of methoxy groups -OCH3 is 2. The molecule has 0 atom stereocenters. The van der Waals surface area contributed by atoms with Crippen molar-refractivity contribution in [1.29, 1.82) is 0 Å². The van der Waals surface area contributed by atoms with Crippen molar-refractivity contribution in [2.75, 3.05) is 68.2 Å². The minimum atomic E-state index is -0.328. The van der Waals surface area contributed by atoms with E-state index < -0.39 is 0 Å². The second-order valence-corrected chi connectivity index (χ2v) is 10.6. The highest BCUT2D eigenvalue weighted by Gasteiger charge is 2.21. The fourth-order valence-electron chi connectivity index (χ4n) is 5.13. The second kappa shape index (κ2) is 16.6. The number of hydrogen-bond acceptors (Lipinski definition) is 16. The van der Waals surface area contributed by atoms with Gasteiger partial charge in [0.25, 0.3) is 11.8 Å². The normalized spacial score (nSPS) is 16.0. The Morgan fingerprint density at radius 2 is 0.911 bits per heavy atom. The fraction of sp³-hybridized carbons (Fsp3) is 0.586. The van der Waals surface area contributed by atoms with Crippen LogP contribution in [0.25, 0.3) is 0 Å². The smallest absolute Gasteiger partial charge is 0.261 e. The van der Waals surface area contributed by atoms with Crippen molar-refractivity contribution in [3.63, 3.8) is 0 Å². The van der Waals surface area contributed by atoms with Crippen molar-refractivity contribution in [3.8, 4) is 29.0 Å².